The van der Waals surface area contributed by atoms with Gasteiger partial charge < -0.3 is 20.5 Å². The van der Waals surface area contributed by atoms with Gasteiger partial charge in [-0.05, 0) is 76.2 Å². The van der Waals surface area contributed by atoms with Crippen molar-refractivity contribution in [1.82, 2.24) is 9.96 Å². The number of ketones is 1. The van der Waals surface area contributed by atoms with Gasteiger partial charge in [-0.3, -0.25) is 14.5 Å². The molecule has 5 fully saturated rings. The number of hydroxylamine groups is 2. The van der Waals surface area contributed by atoms with Crippen LogP contribution in [0.25, 0.3) is 0 Å². The summed E-state index contributed by atoms with van der Waals surface area (Å²) in [5.74, 6) is -2.13. The van der Waals surface area contributed by atoms with Crippen LogP contribution in [0.15, 0.2) is 16.9 Å². The molecule has 4 saturated carbocycles. The van der Waals surface area contributed by atoms with Gasteiger partial charge in [-0.1, -0.05) is 19.0 Å². The normalized spacial score (nSPS) is 43.6. The third kappa shape index (κ3) is 4.28. The molecule has 11 nitrogen and oxygen atoms in total. The number of carbonyl (C=O) groups excluding carboxylic acids is 1. The Morgan fingerprint density at radius 3 is 2.49 bits per heavy atom. The average Bonchev–Trinajstić information content (AvgIpc) is 3.42. The number of likely N-dealkylation sites (tertiary alicyclic amines) is 1. The van der Waals surface area contributed by atoms with Gasteiger partial charge in [-0.15, -0.1) is 0 Å². The van der Waals surface area contributed by atoms with E-state index in [1.807, 2.05) is 18.9 Å². The zero-order valence-electron chi connectivity index (χ0n) is 23.0. The van der Waals surface area contributed by atoms with Gasteiger partial charge in [-0.25, -0.2) is 14.7 Å². The number of hydrogen-bond donors (Lipinski definition) is 4. The standard InChI is InChI=1S/C28H41N3O8/c1-26-10-9-19-17(18(26)6-7-22(26)32)13-21(29-38)28(37)15-16(8-11-27(19,28)2)31(20(25(35)36)14-24(33)34)39-23-5-4-12-30(23)3/h14,16-19,23,37-38H,4-13,15H2,1-3H3,(H,33,34)(H,35,36)/b20-14-,29-21+/t16?,17-,18-,19-,23?,26-,27+,28-/m0/s1. The second kappa shape index (κ2) is 9.85. The maximum Gasteiger partial charge on any atom is 0.354 e. The van der Waals surface area contributed by atoms with Crippen LogP contribution in [0.4, 0.5) is 0 Å². The van der Waals surface area contributed by atoms with E-state index in [1.165, 1.54) is 5.06 Å². The quantitative estimate of drug-likeness (QED) is 0.221. The van der Waals surface area contributed by atoms with Crippen LogP contribution in [0, 0.1) is 28.6 Å². The molecule has 0 aromatic heterocycles. The molecule has 11 heteroatoms. The highest BCUT2D eigenvalue weighted by molar-refractivity contribution is 5.95. The lowest BCUT2D eigenvalue weighted by Gasteiger charge is -2.63. The molecule has 39 heavy (non-hydrogen) atoms. The van der Waals surface area contributed by atoms with Gasteiger partial charge in [-0.2, -0.15) is 0 Å². The van der Waals surface area contributed by atoms with Crippen molar-refractivity contribution < 1.29 is 39.7 Å². The van der Waals surface area contributed by atoms with Gasteiger partial charge in [0.05, 0.1) is 17.8 Å². The Balaban J connectivity index is 1.49. The summed E-state index contributed by atoms with van der Waals surface area (Å²) in [5.41, 5.74) is -2.82. The molecule has 0 aromatic rings. The first-order chi connectivity index (χ1) is 18.4. The minimum absolute atomic E-state index is 0.0354. The van der Waals surface area contributed by atoms with Crippen molar-refractivity contribution in [2.45, 2.75) is 95.9 Å². The zero-order valence-corrected chi connectivity index (χ0v) is 23.0. The molecule has 4 N–H and O–H groups in total. The first-order valence-corrected chi connectivity index (χ1v) is 14.2. The number of carboxylic acids is 2. The molecule has 4 aliphatic carbocycles. The first kappa shape index (κ1) is 28.0. The number of rotatable bonds is 6. The third-order valence-electron chi connectivity index (χ3n) is 11.2. The largest absolute Gasteiger partial charge is 0.478 e. The summed E-state index contributed by atoms with van der Waals surface area (Å²) in [6.45, 7) is 4.87. The fourth-order valence-corrected chi connectivity index (χ4v) is 8.96. The number of aliphatic hydroxyl groups is 1. The predicted molar refractivity (Wildman–Crippen MR) is 139 cm³/mol. The summed E-state index contributed by atoms with van der Waals surface area (Å²) in [7, 11) is 1.87. The Morgan fingerprint density at radius 1 is 1.13 bits per heavy atom. The van der Waals surface area contributed by atoms with E-state index in [1.54, 1.807) is 0 Å². The second-order valence-electron chi connectivity index (χ2n) is 12.9. The fourth-order valence-electron chi connectivity index (χ4n) is 8.96. The van der Waals surface area contributed by atoms with E-state index in [0.717, 1.165) is 32.2 Å². The van der Waals surface area contributed by atoms with E-state index in [-0.39, 0.29) is 35.3 Å². The molecule has 5 aliphatic rings. The number of nitrogens with zero attached hydrogens (tertiary/aromatic N) is 3. The highest BCUT2D eigenvalue weighted by Gasteiger charge is 2.67. The first-order valence-electron chi connectivity index (χ1n) is 14.2. The lowest BCUT2D eigenvalue weighted by atomic mass is 9.43. The molecule has 5 rings (SSSR count). The molecule has 0 amide bonds. The molecule has 8 atom stereocenters. The Bertz CT molecular complexity index is 1110. The van der Waals surface area contributed by atoms with Crippen molar-refractivity contribution in [2.24, 2.45) is 33.7 Å². The summed E-state index contributed by atoms with van der Waals surface area (Å²) in [6, 6.07) is -0.658. The van der Waals surface area contributed by atoms with E-state index in [0.29, 0.717) is 44.0 Å². The van der Waals surface area contributed by atoms with Gasteiger partial charge in [0.2, 0.25) is 0 Å². The molecular weight excluding hydrogens is 506 g/mol. The number of oxime groups is 1. The van der Waals surface area contributed by atoms with Crippen molar-refractivity contribution in [3.63, 3.8) is 0 Å². The second-order valence-corrected chi connectivity index (χ2v) is 12.9. The minimum atomic E-state index is -1.54. The van der Waals surface area contributed by atoms with Crippen molar-refractivity contribution in [1.29, 1.82) is 0 Å². The van der Waals surface area contributed by atoms with Crippen LogP contribution in [0.5, 0.6) is 0 Å². The van der Waals surface area contributed by atoms with E-state index < -0.39 is 40.9 Å². The number of fused-ring (bicyclic) bond motifs is 5. The molecule has 1 heterocycles. The molecule has 1 aliphatic heterocycles. The molecule has 2 unspecified atom stereocenters. The average molecular weight is 548 g/mol. The monoisotopic (exact) mass is 547 g/mol. The summed E-state index contributed by atoms with van der Waals surface area (Å²) < 4.78 is 0. The lowest BCUT2D eigenvalue weighted by Crippen LogP contribution is -2.68. The summed E-state index contributed by atoms with van der Waals surface area (Å²) in [5, 5.41) is 46.8. The maximum absolute atomic E-state index is 12.8. The topological polar surface area (TPSA) is 160 Å². The van der Waals surface area contributed by atoms with Crippen molar-refractivity contribution in [3.8, 4) is 0 Å². The van der Waals surface area contributed by atoms with Gasteiger partial charge in [0, 0.05) is 30.2 Å². The van der Waals surface area contributed by atoms with Crippen LogP contribution in [0.1, 0.15) is 78.1 Å². The Morgan fingerprint density at radius 2 is 1.87 bits per heavy atom. The fraction of sp³-hybridized carbons (Fsp3) is 0.786. The SMILES string of the molecule is CN1CCCC1ON(/C(=C\C(=O)O)C(=O)O)C1CC[C@]2(C)[C@H]3CC[C@]4(C)C(=O)CC[C@H]4[C@@H]3C/C(=N\O)[C@@]2(O)C1. The molecule has 1 saturated heterocycles. The maximum atomic E-state index is 12.8. The highest BCUT2D eigenvalue weighted by atomic mass is 16.7. The number of carbonyl (C=O) groups is 3. The number of Topliss-reactive ketones (excluding diaryl/α,β-unsaturated/α-hetero) is 1. The van der Waals surface area contributed by atoms with Crippen molar-refractivity contribution in [3.05, 3.63) is 11.8 Å². The Hall–Kier alpha value is -2.50. The molecule has 0 spiro atoms. The van der Waals surface area contributed by atoms with E-state index >= 15 is 0 Å². The highest BCUT2D eigenvalue weighted by Crippen LogP contribution is 2.66. The summed E-state index contributed by atoms with van der Waals surface area (Å²) >= 11 is 0. The van der Waals surface area contributed by atoms with Gasteiger partial charge >= 0.3 is 11.9 Å². The van der Waals surface area contributed by atoms with Crippen LogP contribution in [-0.2, 0) is 19.2 Å². The van der Waals surface area contributed by atoms with Crippen LogP contribution in [0.3, 0.4) is 0 Å². The van der Waals surface area contributed by atoms with Crippen LogP contribution in [0.2, 0.25) is 0 Å². The Labute approximate surface area is 228 Å². The van der Waals surface area contributed by atoms with Crippen molar-refractivity contribution >= 4 is 23.4 Å². The lowest BCUT2D eigenvalue weighted by molar-refractivity contribution is -0.252. The molecule has 216 valence electrons. The van der Waals surface area contributed by atoms with Crippen LogP contribution in [-0.4, -0.2) is 85.4 Å². The smallest absolute Gasteiger partial charge is 0.354 e. The van der Waals surface area contributed by atoms with Gasteiger partial charge in [0.15, 0.2) is 5.70 Å². The van der Waals surface area contributed by atoms with Gasteiger partial charge in [0.25, 0.3) is 0 Å². The van der Waals surface area contributed by atoms with Gasteiger partial charge in [0.1, 0.15) is 17.6 Å². The summed E-state index contributed by atoms with van der Waals surface area (Å²) in [6.07, 6.45) is 6.03. The Kier molecular flexibility index (Phi) is 7.08. The van der Waals surface area contributed by atoms with E-state index in [9.17, 15) is 34.9 Å². The zero-order chi connectivity index (χ0) is 28.3. The van der Waals surface area contributed by atoms with Crippen LogP contribution < -0.4 is 0 Å². The van der Waals surface area contributed by atoms with E-state index in [2.05, 4.69) is 12.1 Å². The number of hydrogen-bond acceptors (Lipinski definition) is 9. The number of aliphatic carboxylic acids is 2. The van der Waals surface area contributed by atoms with Crippen LogP contribution >= 0.6 is 0 Å². The van der Waals surface area contributed by atoms with Crippen molar-refractivity contribution in [2.75, 3.05) is 13.6 Å². The molecular formula is C28H41N3O8. The molecule has 0 bridgehead atoms. The summed E-state index contributed by atoms with van der Waals surface area (Å²) in [4.78, 5) is 44.8. The minimum Gasteiger partial charge on any atom is -0.478 e. The number of carboxylic acid groups (broad SMARTS) is 2. The predicted octanol–water partition coefficient (Wildman–Crippen LogP) is 2.86. The third-order valence-corrected chi connectivity index (χ3v) is 11.2. The molecule has 0 aromatic carbocycles. The molecule has 0 radical (unpaired) electrons. The van der Waals surface area contributed by atoms with E-state index in [4.69, 9.17) is 4.84 Å².